The summed E-state index contributed by atoms with van der Waals surface area (Å²) in [4.78, 5) is 12.7. The molecular weight excluding hydrogens is 474 g/mol. The number of benzene rings is 2. The van der Waals surface area contributed by atoms with Gasteiger partial charge >= 0.3 is 0 Å². The van der Waals surface area contributed by atoms with E-state index in [1.165, 1.54) is 46.8 Å². The van der Waals surface area contributed by atoms with Gasteiger partial charge in [-0.05, 0) is 48.2 Å². The van der Waals surface area contributed by atoms with Gasteiger partial charge in [-0.25, -0.2) is 0 Å². The number of hydrogen-bond donors (Lipinski definition) is 3. The van der Waals surface area contributed by atoms with Crippen LogP contribution in [-0.2, 0) is 34.2 Å². The molecule has 0 radical (unpaired) electrons. The second-order valence-corrected chi connectivity index (χ2v) is 10.2. The summed E-state index contributed by atoms with van der Waals surface area (Å²) in [6.45, 7) is 4.87. The third-order valence-electron chi connectivity index (χ3n) is 5.68. The van der Waals surface area contributed by atoms with Gasteiger partial charge < -0.3 is 16.8 Å². The van der Waals surface area contributed by atoms with Crippen molar-refractivity contribution in [1.29, 1.82) is 0 Å². The summed E-state index contributed by atoms with van der Waals surface area (Å²) in [6, 6.07) is 20.5. The summed E-state index contributed by atoms with van der Waals surface area (Å²) in [7, 11) is -3.97. The largest absolute Gasteiger partial charge is 0.369 e. The molecule has 3 rings (SSSR count). The number of nitrogens with two attached hydrogens (primary N) is 2. The van der Waals surface area contributed by atoms with E-state index in [0.717, 1.165) is 25.7 Å². The second kappa shape index (κ2) is 12.3. The molecule has 0 aliphatic heterocycles. The summed E-state index contributed by atoms with van der Waals surface area (Å²) < 4.78 is 29.7. The fourth-order valence-electron chi connectivity index (χ4n) is 4.09. The minimum absolute atomic E-state index is 0.0589. The van der Waals surface area contributed by atoms with Gasteiger partial charge in [0.15, 0.2) is 17.9 Å². The van der Waals surface area contributed by atoms with E-state index in [1.54, 1.807) is 0 Å². The Morgan fingerprint density at radius 2 is 1.47 bits per heavy atom. The highest BCUT2D eigenvalue weighted by Gasteiger charge is 2.20. The third-order valence-corrected chi connectivity index (χ3v) is 7.00. The maximum Gasteiger partial charge on any atom is 0.285 e. The number of amides is 1. The maximum absolute atomic E-state index is 12.7. The fraction of sp³-hybridized carbons (Fsp3) is 0.296. The van der Waals surface area contributed by atoms with E-state index in [2.05, 4.69) is 52.4 Å². The molecule has 36 heavy (non-hydrogen) atoms. The Bertz CT molecular complexity index is 1290. The molecule has 0 unspecified atom stereocenters. The number of carbonyl (C=O) groups excluding carboxylic acids is 1. The van der Waals surface area contributed by atoms with Crippen LogP contribution in [0.25, 0.3) is 11.1 Å². The molecule has 0 fully saturated rings. The number of carbonyl (C=O) groups is 1. The van der Waals surface area contributed by atoms with Gasteiger partial charge in [0.25, 0.3) is 10.0 Å². The van der Waals surface area contributed by atoms with Crippen molar-refractivity contribution in [2.75, 3.05) is 5.32 Å². The zero-order valence-electron chi connectivity index (χ0n) is 20.8. The van der Waals surface area contributed by atoms with Gasteiger partial charge in [0.2, 0.25) is 11.9 Å². The quantitative estimate of drug-likeness (QED) is 0.207. The molecule has 0 aliphatic rings. The Kier molecular flexibility index (Phi) is 9.19. The lowest BCUT2D eigenvalue weighted by atomic mass is 10.0. The lowest BCUT2D eigenvalue weighted by Gasteiger charge is -2.12. The highest BCUT2D eigenvalue weighted by Crippen LogP contribution is 2.22. The van der Waals surface area contributed by atoms with Gasteiger partial charge in [-0.3, -0.25) is 4.79 Å². The average Bonchev–Trinajstić information content (AvgIpc) is 2.84. The molecule has 0 spiro atoms. The summed E-state index contributed by atoms with van der Waals surface area (Å²) in [5.74, 6) is -0.689. The van der Waals surface area contributed by atoms with Crippen molar-refractivity contribution in [2.24, 2.45) is 15.9 Å². The van der Waals surface area contributed by atoms with E-state index in [-0.39, 0.29) is 17.2 Å². The Labute approximate surface area is 213 Å². The lowest BCUT2D eigenvalue weighted by molar-refractivity contribution is -0.710. The standard InChI is InChI=1S/C27H33N5O3S/c1-3-8-23-18-21(20-10-6-5-7-11-20)19-24(9-4-2)32(23)17-16-26(33)30-22-12-14-25(15-13-22)36(34,35)31-27(28)29/h5-7,10-15,18-19H,3-4,8-9,16-17H2,1-2H3,(H4-,28,29,30,31,33)/p+1. The Morgan fingerprint density at radius 3 is 2.00 bits per heavy atom. The fourth-order valence-corrected chi connectivity index (χ4v) is 4.95. The predicted molar refractivity (Wildman–Crippen MR) is 143 cm³/mol. The minimum atomic E-state index is -3.97. The highest BCUT2D eigenvalue weighted by atomic mass is 32.2. The van der Waals surface area contributed by atoms with E-state index in [4.69, 9.17) is 11.5 Å². The molecular formula is C27H34N5O3S+. The van der Waals surface area contributed by atoms with Crippen LogP contribution < -0.4 is 21.4 Å². The Balaban J connectivity index is 1.76. The van der Waals surface area contributed by atoms with Crippen LogP contribution in [0.5, 0.6) is 0 Å². The normalized spacial score (nSPS) is 11.2. The van der Waals surface area contributed by atoms with Crippen molar-refractivity contribution in [3.8, 4) is 11.1 Å². The summed E-state index contributed by atoms with van der Waals surface area (Å²) in [5.41, 5.74) is 15.7. The summed E-state index contributed by atoms with van der Waals surface area (Å²) in [5, 5.41) is 2.84. The molecule has 9 heteroatoms. The summed E-state index contributed by atoms with van der Waals surface area (Å²) in [6.07, 6.45) is 4.14. The number of hydrogen-bond acceptors (Lipinski definition) is 3. The molecule has 1 amide bonds. The number of aryl methyl sites for hydroxylation is 2. The first-order valence-corrected chi connectivity index (χ1v) is 13.5. The first-order chi connectivity index (χ1) is 17.2. The monoisotopic (exact) mass is 508 g/mol. The molecule has 0 bridgehead atoms. The Morgan fingerprint density at radius 1 is 0.889 bits per heavy atom. The molecule has 0 aliphatic carbocycles. The van der Waals surface area contributed by atoms with Gasteiger partial charge in [0.05, 0.1) is 11.3 Å². The van der Waals surface area contributed by atoms with Crippen LogP contribution in [0, 0.1) is 0 Å². The molecule has 0 saturated heterocycles. The number of aromatic nitrogens is 1. The van der Waals surface area contributed by atoms with Crippen LogP contribution in [0.1, 0.15) is 44.5 Å². The number of anilines is 1. The SMILES string of the molecule is CCCc1cc(-c2ccccc2)cc(CCC)[n+]1CCC(=O)Nc1ccc(S(=O)(=O)N=C(N)N)cc1. The van der Waals surface area contributed by atoms with Crippen LogP contribution in [0.15, 0.2) is 76.0 Å². The van der Waals surface area contributed by atoms with E-state index >= 15 is 0 Å². The van der Waals surface area contributed by atoms with Crippen molar-refractivity contribution in [2.45, 2.75) is 57.4 Å². The van der Waals surface area contributed by atoms with Crippen LogP contribution >= 0.6 is 0 Å². The molecule has 5 N–H and O–H groups in total. The molecule has 1 aromatic heterocycles. The van der Waals surface area contributed by atoms with Crippen LogP contribution in [-0.4, -0.2) is 20.3 Å². The zero-order chi connectivity index (χ0) is 26.1. The number of sulfonamides is 1. The van der Waals surface area contributed by atoms with Crippen LogP contribution in [0.3, 0.4) is 0 Å². The van der Waals surface area contributed by atoms with Gasteiger partial charge in [-0.15, -0.1) is 4.40 Å². The van der Waals surface area contributed by atoms with E-state index < -0.39 is 16.0 Å². The van der Waals surface area contributed by atoms with E-state index in [9.17, 15) is 13.2 Å². The van der Waals surface area contributed by atoms with Gasteiger partial charge in [-0.1, -0.05) is 44.2 Å². The smallest absolute Gasteiger partial charge is 0.285 e. The van der Waals surface area contributed by atoms with E-state index in [0.29, 0.717) is 12.2 Å². The third kappa shape index (κ3) is 7.14. The lowest BCUT2D eigenvalue weighted by Crippen LogP contribution is -2.44. The highest BCUT2D eigenvalue weighted by molar-refractivity contribution is 7.90. The molecule has 190 valence electrons. The van der Waals surface area contributed by atoms with Crippen molar-refractivity contribution in [3.63, 3.8) is 0 Å². The van der Waals surface area contributed by atoms with Gasteiger partial charge in [0.1, 0.15) is 0 Å². The van der Waals surface area contributed by atoms with Crippen molar-refractivity contribution in [1.82, 2.24) is 0 Å². The zero-order valence-corrected chi connectivity index (χ0v) is 21.6. The number of nitrogens with one attached hydrogen (secondary N) is 1. The summed E-state index contributed by atoms with van der Waals surface area (Å²) >= 11 is 0. The number of nitrogens with zero attached hydrogens (tertiary/aromatic N) is 2. The number of guanidine groups is 1. The van der Waals surface area contributed by atoms with Crippen molar-refractivity contribution >= 4 is 27.6 Å². The Hall–Kier alpha value is -3.72. The second-order valence-electron chi connectivity index (χ2n) is 8.56. The molecule has 3 aromatic rings. The first-order valence-electron chi connectivity index (χ1n) is 12.1. The van der Waals surface area contributed by atoms with Crippen molar-refractivity contribution < 1.29 is 17.8 Å². The molecule has 0 saturated carbocycles. The van der Waals surface area contributed by atoms with Gasteiger partial charge in [-0.2, -0.15) is 13.0 Å². The topological polar surface area (TPSA) is 132 Å². The number of rotatable bonds is 11. The van der Waals surface area contributed by atoms with Crippen molar-refractivity contribution in [3.05, 3.63) is 78.1 Å². The van der Waals surface area contributed by atoms with Crippen LogP contribution in [0.4, 0.5) is 5.69 Å². The van der Waals surface area contributed by atoms with Gasteiger partial charge in [0, 0.05) is 30.7 Å². The molecule has 0 atom stereocenters. The number of pyridine rings is 1. The average molecular weight is 509 g/mol. The maximum atomic E-state index is 12.7. The molecule has 2 aromatic carbocycles. The minimum Gasteiger partial charge on any atom is -0.369 e. The molecule has 8 nitrogen and oxygen atoms in total. The molecule has 1 heterocycles. The van der Waals surface area contributed by atoms with Crippen LogP contribution in [0.2, 0.25) is 0 Å². The van der Waals surface area contributed by atoms with E-state index in [1.807, 2.05) is 18.2 Å². The predicted octanol–water partition coefficient (Wildman–Crippen LogP) is 3.54. The first kappa shape index (κ1) is 26.9.